The Hall–Kier alpha value is -1.52. The van der Waals surface area contributed by atoms with E-state index in [1.807, 2.05) is 40.6 Å². The van der Waals surface area contributed by atoms with Gasteiger partial charge in [0.1, 0.15) is 11.3 Å². The summed E-state index contributed by atoms with van der Waals surface area (Å²) in [6.45, 7) is 2.14. The lowest BCUT2D eigenvalue weighted by molar-refractivity contribution is 0.732. The highest BCUT2D eigenvalue weighted by Gasteiger charge is 2.19. The zero-order valence-corrected chi connectivity index (χ0v) is 13.5. The van der Waals surface area contributed by atoms with Crippen LogP contribution >= 0.6 is 23.2 Å². The predicted octanol–water partition coefficient (Wildman–Crippen LogP) is 4.10. The fourth-order valence-electron chi connectivity index (χ4n) is 2.58. The molecule has 21 heavy (non-hydrogen) atoms. The number of aromatic nitrogens is 4. The first-order valence-electron chi connectivity index (χ1n) is 6.90. The Kier molecular flexibility index (Phi) is 3.91. The van der Waals surface area contributed by atoms with Crippen molar-refractivity contribution in [2.45, 2.75) is 25.6 Å². The van der Waals surface area contributed by atoms with Crippen LogP contribution in [0.25, 0.3) is 16.9 Å². The molecule has 4 nitrogen and oxygen atoms in total. The van der Waals surface area contributed by atoms with E-state index in [1.165, 1.54) is 0 Å². The van der Waals surface area contributed by atoms with Gasteiger partial charge in [-0.25, -0.2) is 9.67 Å². The lowest BCUT2D eigenvalue weighted by Crippen LogP contribution is -2.04. The summed E-state index contributed by atoms with van der Waals surface area (Å²) in [5.41, 5.74) is 3.92. The molecule has 2 aromatic heterocycles. The molecule has 0 spiro atoms. The highest BCUT2D eigenvalue weighted by molar-refractivity contribution is 6.30. The second-order valence-electron chi connectivity index (χ2n) is 4.97. The minimum atomic E-state index is 0.350. The molecule has 0 aliphatic heterocycles. The first kappa shape index (κ1) is 14.4. The van der Waals surface area contributed by atoms with Crippen molar-refractivity contribution in [2.75, 3.05) is 0 Å². The molecule has 0 amide bonds. The van der Waals surface area contributed by atoms with Crippen molar-refractivity contribution in [3.63, 3.8) is 0 Å². The normalized spacial score (nSPS) is 11.4. The smallest absolute Gasteiger partial charge is 0.163 e. The molecule has 0 unspecified atom stereocenters. The van der Waals surface area contributed by atoms with Crippen LogP contribution in [0.4, 0.5) is 0 Å². The average Bonchev–Trinajstić information content (AvgIpc) is 2.99. The predicted molar refractivity (Wildman–Crippen MR) is 86.4 cm³/mol. The largest absolute Gasteiger partial charge is 0.280 e. The van der Waals surface area contributed by atoms with Gasteiger partial charge in [0.25, 0.3) is 0 Å². The van der Waals surface area contributed by atoms with Crippen LogP contribution in [-0.4, -0.2) is 19.3 Å². The van der Waals surface area contributed by atoms with Crippen LogP contribution in [0.2, 0.25) is 5.02 Å². The van der Waals surface area contributed by atoms with Crippen molar-refractivity contribution in [1.29, 1.82) is 0 Å². The average molecular weight is 323 g/mol. The molecular formula is C15H16Cl2N4. The van der Waals surface area contributed by atoms with E-state index in [0.717, 1.165) is 41.2 Å². The zero-order chi connectivity index (χ0) is 15.0. The number of rotatable bonds is 4. The SMILES string of the molecule is CCCc1nn(C)c2c1nc(CCl)n2-c1ccc(Cl)cc1. The Morgan fingerprint density at radius 2 is 1.90 bits per heavy atom. The number of aryl methyl sites for hydroxylation is 2. The molecule has 0 fully saturated rings. The van der Waals surface area contributed by atoms with Gasteiger partial charge in [0.15, 0.2) is 5.65 Å². The third kappa shape index (κ3) is 2.43. The number of hydrogen-bond donors (Lipinski definition) is 0. The van der Waals surface area contributed by atoms with E-state index in [1.54, 1.807) is 0 Å². The lowest BCUT2D eigenvalue weighted by Gasteiger charge is -2.08. The van der Waals surface area contributed by atoms with Crippen LogP contribution < -0.4 is 0 Å². The quantitative estimate of drug-likeness (QED) is 0.678. The molecule has 0 bridgehead atoms. The van der Waals surface area contributed by atoms with Crippen molar-refractivity contribution < 1.29 is 0 Å². The molecule has 6 heteroatoms. The Morgan fingerprint density at radius 3 is 2.52 bits per heavy atom. The Bertz CT molecular complexity index is 771. The van der Waals surface area contributed by atoms with E-state index in [-0.39, 0.29) is 0 Å². The van der Waals surface area contributed by atoms with E-state index < -0.39 is 0 Å². The van der Waals surface area contributed by atoms with Gasteiger partial charge in [-0.3, -0.25) is 4.57 Å². The Labute approximate surface area is 133 Å². The first-order valence-corrected chi connectivity index (χ1v) is 7.82. The molecule has 1 aromatic carbocycles. The fourth-order valence-corrected chi connectivity index (χ4v) is 2.89. The van der Waals surface area contributed by atoms with Crippen LogP contribution in [0.15, 0.2) is 24.3 Å². The van der Waals surface area contributed by atoms with E-state index in [2.05, 4.69) is 17.0 Å². The highest BCUT2D eigenvalue weighted by Crippen LogP contribution is 2.26. The van der Waals surface area contributed by atoms with Gasteiger partial charge in [-0.05, 0) is 30.7 Å². The summed E-state index contributed by atoms with van der Waals surface area (Å²) >= 11 is 12.1. The number of alkyl halides is 1. The molecule has 0 N–H and O–H groups in total. The van der Waals surface area contributed by atoms with Gasteiger partial charge in [-0.2, -0.15) is 5.10 Å². The summed E-state index contributed by atoms with van der Waals surface area (Å²) in [6.07, 6.45) is 1.95. The van der Waals surface area contributed by atoms with Gasteiger partial charge in [0, 0.05) is 17.8 Å². The third-order valence-electron chi connectivity index (χ3n) is 3.46. The van der Waals surface area contributed by atoms with Crippen LogP contribution in [0.1, 0.15) is 24.9 Å². The number of imidazole rings is 1. The van der Waals surface area contributed by atoms with Gasteiger partial charge in [-0.15, -0.1) is 11.6 Å². The molecule has 3 aromatic rings. The van der Waals surface area contributed by atoms with Crippen molar-refractivity contribution >= 4 is 34.4 Å². The van der Waals surface area contributed by atoms with Gasteiger partial charge in [0.05, 0.1) is 11.6 Å². The van der Waals surface area contributed by atoms with Gasteiger partial charge in [-0.1, -0.05) is 24.9 Å². The number of benzene rings is 1. The van der Waals surface area contributed by atoms with E-state index in [0.29, 0.717) is 10.9 Å². The topological polar surface area (TPSA) is 35.6 Å². The molecular weight excluding hydrogens is 307 g/mol. The molecule has 0 saturated heterocycles. The van der Waals surface area contributed by atoms with E-state index in [9.17, 15) is 0 Å². The molecule has 3 rings (SSSR count). The minimum Gasteiger partial charge on any atom is -0.280 e. The highest BCUT2D eigenvalue weighted by atomic mass is 35.5. The van der Waals surface area contributed by atoms with Crippen LogP contribution in [-0.2, 0) is 19.3 Å². The monoisotopic (exact) mass is 322 g/mol. The molecule has 2 heterocycles. The zero-order valence-electron chi connectivity index (χ0n) is 12.0. The number of fused-ring (bicyclic) bond motifs is 1. The summed E-state index contributed by atoms with van der Waals surface area (Å²) in [7, 11) is 1.94. The summed E-state index contributed by atoms with van der Waals surface area (Å²) in [5, 5.41) is 5.29. The van der Waals surface area contributed by atoms with Crippen LogP contribution in [0.5, 0.6) is 0 Å². The summed E-state index contributed by atoms with van der Waals surface area (Å²) in [4.78, 5) is 4.68. The lowest BCUT2D eigenvalue weighted by atomic mass is 10.2. The van der Waals surface area contributed by atoms with Crippen molar-refractivity contribution in [3.05, 3.63) is 40.8 Å². The fraction of sp³-hybridized carbons (Fsp3) is 0.333. The number of nitrogens with zero attached hydrogens (tertiary/aromatic N) is 4. The second-order valence-corrected chi connectivity index (χ2v) is 5.67. The molecule has 0 saturated carbocycles. The van der Waals surface area contributed by atoms with Crippen molar-refractivity contribution in [3.8, 4) is 5.69 Å². The molecule has 0 radical (unpaired) electrons. The number of halogens is 2. The summed E-state index contributed by atoms with van der Waals surface area (Å²) in [6, 6.07) is 7.66. The van der Waals surface area contributed by atoms with Gasteiger partial charge >= 0.3 is 0 Å². The van der Waals surface area contributed by atoms with Gasteiger partial charge in [0.2, 0.25) is 0 Å². The maximum absolute atomic E-state index is 6.08. The maximum atomic E-state index is 6.08. The molecule has 0 aliphatic rings. The first-order chi connectivity index (χ1) is 10.2. The molecule has 0 atom stereocenters. The summed E-state index contributed by atoms with van der Waals surface area (Å²) in [5.74, 6) is 1.17. The standard InChI is InChI=1S/C15H16Cl2N4/c1-3-4-12-14-15(20(2)19-12)21(13(9-16)18-14)11-7-5-10(17)6-8-11/h5-8H,3-4,9H2,1-2H3. The van der Waals surface area contributed by atoms with Crippen LogP contribution in [0.3, 0.4) is 0 Å². The van der Waals surface area contributed by atoms with E-state index >= 15 is 0 Å². The van der Waals surface area contributed by atoms with Crippen molar-refractivity contribution in [1.82, 2.24) is 19.3 Å². The Balaban J connectivity index is 2.27. The van der Waals surface area contributed by atoms with Crippen LogP contribution in [0, 0.1) is 0 Å². The number of hydrogen-bond acceptors (Lipinski definition) is 2. The molecule has 110 valence electrons. The minimum absolute atomic E-state index is 0.350. The summed E-state index contributed by atoms with van der Waals surface area (Å²) < 4.78 is 3.92. The Morgan fingerprint density at radius 1 is 1.19 bits per heavy atom. The van der Waals surface area contributed by atoms with Crippen molar-refractivity contribution in [2.24, 2.45) is 7.05 Å². The third-order valence-corrected chi connectivity index (χ3v) is 3.96. The maximum Gasteiger partial charge on any atom is 0.163 e. The van der Waals surface area contributed by atoms with E-state index in [4.69, 9.17) is 23.2 Å². The van der Waals surface area contributed by atoms with Gasteiger partial charge < -0.3 is 0 Å². The molecule has 0 aliphatic carbocycles. The second kappa shape index (κ2) is 5.70.